The highest BCUT2D eigenvalue weighted by Crippen LogP contribution is 2.52. The van der Waals surface area contributed by atoms with Crippen LogP contribution in [0, 0.1) is 127 Å². The van der Waals surface area contributed by atoms with E-state index >= 15 is 0 Å². The van der Waals surface area contributed by atoms with Crippen molar-refractivity contribution >= 4 is 0 Å². The van der Waals surface area contributed by atoms with Crippen LogP contribution in [-0.2, 0) is 0 Å². The molecule has 0 aromatic heterocycles. The van der Waals surface area contributed by atoms with Crippen molar-refractivity contribution in [1.82, 2.24) is 0 Å². The van der Waals surface area contributed by atoms with Crippen LogP contribution in [0.3, 0.4) is 0 Å². The lowest BCUT2D eigenvalue weighted by Gasteiger charge is -2.12. The first-order valence-corrected chi connectivity index (χ1v) is 38.8. The summed E-state index contributed by atoms with van der Waals surface area (Å²) in [7, 11) is 0. The van der Waals surface area contributed by atoms with Gasteiger partial charge in [0, 0.05) is 0 Å². The van der Waals surface area contributed by atoms with Crippen molar-refractivity contribution < 1.29 is 0 Å². The van der Waals surface area contributed by atoms with Crippen LogP contribution in [0.4, 0.5) is 0 Å². The minimum absolute atomic E-state index is 0.542. The molecule has 9 fully saturated rings. The molecule has 7 atom stereocenters. The molecule has 0 saturated heterocycles. The number of rotatable bonds is 13. The van der Waals surface area contributed by atoms with E-state index < -0.39 is 0 Å². The first-order valence-electron chi connectivity index (χ1n) is 38.8. The van der Waals surface area contributed by atoms with E-state index in [0.717, 1.165) is 106 Å². The zero-order valence-electron chi connectivity index (χ0n) is 67.9. The van der Waals surface area contributed by atoms with E-state index in [1.165, 1.54) is 161 Å². The van der Waals surface area contributed by atoms with Gasteiger partial charge in [-0.2, -0.15) is 0 Å². The van der Waals surface area contributed by atoms with Crippen molar-refractivity contribution in [2.24, 2.45) is 127 Å². The van der Waals surface area contributed by atoms with Crippen molar-refractivity contribution in [2.75, 3.05) is 0 Å². The summed E-state index contributed by atoms with van der Waals surface area (Å²) >= 11 is 0. The fourth-order valence-corrected chi connectivity index (χ4v) is 8.36. The maximum Gasteiger partial charge on any atom is -0.0326 e. The molecule has 0 amide bonds. The van der Waals surface area contributed by atoms with Crippen LogP contribution in [0.2, 0.25) is 0 Å². The molecule has 520 valence electrons. The van der Waals surface area contributed by atoms with E-state index in [4.69, 9.17) is 0 Å². The van der Waals surface area contributed by atoms with Crippen LogP contribution >= 0.6 is 0 Å². The lowest BCUT2D eigenvalue weighted by molar-refractivity contribution is 0.397. The van der Waals surface area contributed by atoms with Gasteiger partial charge >= 0.3 is 0 Å². The van der Waals surface area contributed by atoms with E-state index in [1.54, 1.807) is 0 Å². The molecule has 0 N–H and O–H groups in total. The summed E-state index contributed by atoms with van der Waals surface area (Å²) in [6.07, 6.45) is 35.5. The van der Waals surface area contributed by atoms with Crippen molar-refractivity contribution in [3.8, 4) is 0 Å². The average Bonchev–Trinajstić information content (AvgIpc) is 4.46. The van der Waals surface area contributed by atoms with Crippen LogP contribution in [-0.4, -0.2) is 0 Å². The smallest absolute Gasteiger partial charge is 0.0326 e. The average molecular weight is 1200 g/mol. The Kier molecular flexibility index (Phi) is 53.7. The van der Waals surface area contributed by atoms with E-state index in [0.29, 0.717) is 21.7 Å². The summed E-state index contributed by atoms with van der Waals surface area (Å²) in [5.41, 5.74) is 4.08. The number of hydrogen-bond donors (Lipinski definition) is 0. The Morgan fingerprint density at radius 2 is 0.718 bits per heavy atom. The lowest BCUT2D eigenvalue weighted by atomic mass is 9.94. The van der Waals surface area contributed by atoms with Gasteiger partial charge in [-0.15, -0.1) is 0 Å². The fraction of sp³-hybridized carbons (Fsp3) is 1.00. The highest BCUT2D eigenvalue weighted by Gasteiger charge is 2.42. The minimum atomic E-state index is 0.542. The Hall–Kier alpha value is 0. The van der Waals surface area contributed by atoms with Crippen molar-refractivity contribution in [2.45, 2.75) is 424 Å². The van der Waals surface area contributed by atoms with Crippen molar-refractivity contribution in [1.29, 1.82) is 0 Å². The Morgan fingerprint density at radius 1 is 0.435 bits per heavy atom. The van der Waals surface area contributed by atoms with Gasteiger partial charge < -0.3 is 0 Å². The Bertz CT molecular complexity index is 1280. The van der Waals surface area contributed by atoms with E-state index in [2.05, 4.69) is 263 Å². The van der Waals surface area contributed by atoms with Gasteiger partial charge in [0.25, 0.3) is 0 Å². The molecule has 4 unspecified atom stereocenters. The molecule has 0 spiro atoms. The maximum atomic E-state index is 2.35. The van der Waals surface area contributed by atoms with Gasteiger partial charge in [-0.1, -0.05) is 359 Å². The fourth-order valence-electron chi connectivity index (χ4n) is 8.36. The highest BCUT2D eigenvalue weighted by atomic mass is 14.5. The van der Waals surface area contributed by atoms with Crippen LogP contribution in [0.25, 0.3) is 0 Å². The summed E-state index contributed by atoms with van der Waals surface area (Å²) in [5, 5.41) is 0. The van der Waals surface area contributed by atoms with Gasteiger partial charge in [-0.25, -0.2) is 0 Å². The molecular formula is C85H180. The van der Waals surface area contributed by atoms with E-state index in [1.807, 2.05) is 0 Å². The third kappa shape index (κ3) is 66.7. The summed E-state index contributed by atoms with van der Waals surface area (Å²) in [5.74, 6) is 16.2. The molecule has 0 heterocycles. The van der Waals surface area contributed by atoms with Gasteiger partial charge in [-0.3, -0.25) is 0 Å². The van der Waals surface area contributed by atoms with Crippen LogP contribution in [0.15, 0.2) is 0 Å². The second kappa shape index (κ2) is 48.7. The molecule has 9 aliphatic rings. The molecular weight excluding hydrogens is 1020 g/mol. The molecule has 0 heteroatoms. The van der Waals surface area contributed by atoms with Crippen molar-refractivity contribution in [3.05, 3.63) is 0 Å². The number of hydrogen-bond acceptors (Lipinski definition) is 0. The molecule has 0 aliphatic heterocycles. The molecule has 0 bridgehead atoms. The Morgan fingerprint density at radius 3 is 0.729 bits per heavy atom. The monoisotopic (exact) mass is 1200 g/mol. The lowest BCUT2D eigenvalue weighted by Crippen LogP contribution is -2.00. The zero-order chi connectivity index (χ0) is 67.9. The van der Waals surface area contributed by atoms with Crippen LogP contribution < -0.4 is 0 Å². The molecule has 0 nitrogen and oxygen atoms in total. The third-order valence-corrected chi connectivity index (χ3v) is 23.0. The second-order valence-electron chi connectivity index (χ2n) is 36.2. The molecule has 85 heavy (non-hydrogen) atoms. The van der Waals surface area contributed by atoms with Crippen molar-refractivity contribution in [3.63, 3.8) is 0 Å². The molecule has 9 rings (SSSR count). The van der Waals surface area contributed by atoms with Gasteiger partial charge in [0.1, 0.15) is 0 Å². The highest BCUT2D eigenvalue weighted by molar-refractivity contribution is 4.92. The zero-order valence-corrected chi connectivity index (χ0v) is 67.9. The van der Waals surface area contributed by atoms with Gasteiger partial charge in [0.2, 0.25) is 0 Å². The topological polar surface area (TPSA) is 0 Å². The first kappa shape index (κ1) is 93.7. The standard InChI is InChI=1S/C7H16.9C6H12.4C6H14/c1-5-7(4)6(2)3;2*1-5-4-6(5,2)3;1-5(2)6-3-4-6;1-4-5(2)6(4)3;2*1-3-6(2)4-5-6;2*1-3-6-4-5(6)2;1-2-3-6-4-5-6;2*1-5-6(2,3)4;1-4-5-6(2)3;1-4-6(3)5-2/h6-7H,5H2,1-4H3;2*5H,4H2,1-3H3;5-6H,3-4H2,1-2H3;4-6H,1-3H3;2*3-5H2,1-2H3;2*5-6H,3-4H2,1-2H3;6H,2-5H2,1H3;2*5H2,1-4H3;2*6H,4-5H2,1-3H3/t7-;5-;;;;;;5-,6?;;;;;;/m10.....0....../s1. The minimum Gasteiger partial charge on any atom is -0.0654 e. The maximum absolute atomic E-state index is 2.35. The van der Waals surface area contributed by atoms with E-state index in [-0.39, 0.29) is 0 Å². The Balaban J connectivity index is -0.000000270. The van der Waals surface area contributed by atoms with E-state index in [9.17, 15) is 0 Å². The first-order chi connectivity index (χ1) is 38.8. The van der Waals surface area contributed by atoms with Crippen LogP contribution in [0.5, 0.6) is 0 Å². The quantitative estimate of drug-likeness (QED) is 0.172. The van der Waals surface area contributed by atoms with Gasteiger partial charge in [0.05, 0.1) is 0 Å². The molecule has 9 aliphatic carbocycles. The molecule has 9 saturated carbocycles. The molecule has 0 aromatic carbocycles. The predicted octanol–water partition coefficient (Wildman–Crippen LogP) is 31.2. The summed E-state index contributed by atoms with van der Waals surface area (Å²) in [6, 6.07) is 0. The molecule has 0 aromatic rings. The second-order valence-corrected chi connectivity index (χ2v) is 36.2. The molecule has 0 radical (unpaired) electrons. The van der Waals surface area contributed by atoms with Crippen LogP contribution in [0.1, 0.15) is 424 Å². The summed E-state index contributed by atoms with van der Waals surface area (Å²) in [4.78, 5) is 0. The summed E-state index contributed by atoms with van der Waals surface area (Å²) in [6.45, 7) is 86.6. The van der Waals surface area contributed by atoms with Gasteiger partial charge in [-0.05, 0) is 191 Å². The third-order valence-electron chi connectivity index (χ3n) is 23.0. The largest absolute Gasteiger partial charge is 0.0654 e. The van der Waals surface area contributed by atoms with Gasteiger partial charge in [0.15, 0.2) is 0 Å². The summed E-state index contributed by atoms with van der Waals surface area (Å²) < 4.78 is 0. The Labute approximate surface area is 547 Å². The SMILES string of the molecule is CC(C)C1CC1.CC1C(C)C1C.CC1CC1(C)C.CCC(C)(C)C.CCC(C)(C)C.CCC(C)CC.CCC1(C)CC1.CCC1(C)CC1.CCC1CC1C.CCC1C[C@@H]1C.CCCC(C)C.CCCC1CC1.CC[C@@H](C)C(C)C.C[C@H]1CC1(C)C. The predicted molar refractivity (Wildman–Crippen MR) is 401 cm³/mol. The normalized spacial score (nSPS) is 26.8.